The molecule has 1 aliphatic rings. The Kier molecular flexibility index (Phi) is 5.13. The van der Waals surface area contributed by atoms with Gasteiger partial charge in [0.1, 0.15) is 5.82 Å². The van der Waals surface area contributed by atoms with Crippen molar-refractivity contribution in [1.82, 2.24) is 20.5 Å². The number of aryl methyl sites for hydroxylation is 1. The molecule has 9 heteroatoms. The first kappa shape index (κ1) is 18.9. The molecule has 0 atom stereocenters. The van der Waals surface area contributed by atoms with Gasteiger partial charge in [0.15, 0.2) is 0 Å². The SMILES string of the molecule is N=Cc1cc(C(=O)NCCc2nc(N)n[nH]2)cc(-c2cc3c(s2)C=CCC3)c1N. The second-order valence-corrected chi connectivity index (χ2v) is 7.84. The number of H-pyrrole nitrogens is 1. The van der Waals surface area contributed by atoms with E-state index in [0.29, 0.717) is 35.6 Å². The van der Waals surface area contributed by atoms with E-state index in [4.69, 9.17) is 16.9 Å². The number of nitrogens with zero attached hydrogens (tertiary/aromatic N) is 2. The number of carbonyl (C=O) groups excluding carboxylic acids is 1. The summed E-state index contributed by atoms with van der Waals surface area (Å²) in [5.74, 6) is 0.555. The second kappa shape index (κ2) is 7.88. The predicted octanol–water partition coefficient (Wildman–Crippen LogP) is 2.63. The van der Waals surface area contributed by atoms with Crippen molar-refractivity contribution in [3.05, 3.63) is 51.7 Å². The number of allylic oxidation sites excluding steroid dienone is 1. The number of nitrogens with one attached hydrogen (secondary N) is 3. The number of rotatable bonds is 6. The average molecular weight is 408 g/mol. The number of aromatic amines is 1. The van der Waals surface area contributed by atoms with Crippen molar-refractivity contribution in [2.24, 2.45) is 0 Å². The van der Waals surface area contributed by atoms with E-state index in [9.17, 15) is 4.79 Å². The number of benzene rings is 1. The van der Waals surface area contributed by atoms with Crippen molar-refractivity contribution in [3.8, 4) is 10.4 Å². The molecule has 0 radical (unpaired) electrons. The van der Waals surface area contributed by atoms with E-state index < -0.39 is 0 Å². The molecule has 0 bridgehead atoms. The van der Waals surface area contributed by atoms with Gasteiger partial charge in [-0.25, -0.2) is 0 Å². The van der Waals surface area contributed by atoms with Crippen molar-refractivity contribution in [3.63, 3.8) is 0 Å². The lowest BCUT2D eigenvalue weighted by Crippen LogP contribution is -2.26. The third-order valence-corrected chi connectivity index (χ3v) is 5.96. The molecule has 148 valence electrons. The van der Waals surface area contributed by atoms with Crippen LogP contribution >= 0.6 is 11.3 Å². The first-order chi connectivity index (χ1) is 14.0. The highest BCUT2D eigenvalue weighted by Gasteiger charge is 2.17. The molecule has 1 amide bonds. The fourth-order valence-corrected chi connectivity index (χ4v) is 4.46. The first-order valence-corrected chi connectivity index (χ1v) is 10.1. The van der Waals surface area contributed by atoms with Crippen molar-refractivity contribution < 1.29 is 4.79 Å². The Hall–Kier alpha value is -3.46. The number of carbonyl (C=O) groups is 1. The molecule has 8 nitrogen and oxygen atoms in total. The number of nitrogens with two attached hydrogens (primary N) is 2. The quantitative estimate of drug-likeness (QED) is 0.315. The van der Waals surface area contributed by atoms with E-state index in [1.54, 1.807) is 23.5 Å². The van der Waals surface area contributed by atoms with Crippen LogP contribution in [0.5, 0.6) is 0 Å². The molecule has 4 rings (SSSR count). The van der Waals surface area contributed by atoms with Crippen molar-refractivity contribution in [1.29, 1.82) is 5.41 Å². The van der Waals surface area contributed by atoms with Gasteiger partial charge in [0, 0.05) is 51.3 Å². The summed E-state index contributed by atoms with van der Waals surface area (Å²) in [6, 6.07) is 5.57. The highest BCUT2D eigenvalue weighted by molar-refractivity contribution is 7.16. The van der Waals surface area contributed by atoms with Gasteiger partial charge in [-0.05, 0) is 42.7 Å². The molecule has 0 spiro atoms. The summed E-state index contributed by atoms with van der Waals surface area (Å²) in [7, 11) is 0. The molecule has 0 unspecified atom stereocenters. The summed E-state index contributed by atoms with van der Waals surface area (Å²) in [5, 5.41) is 17.0. The number of aromatic nitrogens is 3. The van der Waals surface area contributed by atoms with Gasteiger partial charge in [-0.2, -0.15) is 4.98 Å². The van der Waals surface area contributed by atoms with Crippen molar-refractivity contribution in [2.75, 3.05) is 18.0 Å². The lowest BCUT2D eigenvalue weighted by molar-refractivity contribution is 0.0954. The van der Waals surface area contributed by atoms with E-state index in [1.165, 1.54) is 16.7 Å². The van der Waals surface area contributed by atoms with Crippen molar-refractivity contribution in [2.45, 2.75) is 19.3 Å². The maximum Gasteiger partial charge on any atom is 0.251 e. The summed E-state index contributed by atoms with van der Waals surface area (Å²) < 4.78 is 0. The number of hydrogen-bond donors (Lipinski definition) is 5. The minimum atomic E-state index is -0.233. The van der Waals surface area contributed by atoms with Gasteiger partial charge < -0.3 is 22.2 Å². The largest absolute Gasteiger partial charge is 0.398 e. The smallest absolute Gasteiger partial charge is 0.251 e. The number of hydrogen-bond acceptors (Lipinski definition) is 7. The van der Waals surface area contributed by atoms with Crippen LogP contribution in [0.2, 0.25) is 0 Å². The summed E-state index contributed by atoms with van der Waals surface area (Å²) in [5.41, 5.74) is 15.4. The topological polar surface area (TPSA) is 147 Å². The number of anilines is 2. The van der Waals surface area contributed by atoms with E-state index >= 15 is 0 Å². The molecule has 2 aromatic heterocycles. The zero-order chi connectivity index (χ0) is 20.4. The molecule has 2 heterocycles. The summed E-state index contributed by atoms with van der Waals surface area (Å²) in [6.07, 6.45) is 8.00. The fourth-order valence-electron chi connectivity index (χ4n) is 3.29. The van der Waals surface area contributed by atoms with E-state index in [-0.39, 0.29) is 11.9 Å². The highest BCUT2D eigenvalue weighted by atomic mass is 32.1. The molecule has 0 fully saturated rings. The molecular weight excluding hydrogens is 386 g/mol. The molecule has 1 aliphatic carbocycles. The molecule has 0 aliphatic heterocycles. The van der Waals surface area contributed by atoms with Crippen LogP contribution in [0.4, 0.5) is 11.6 Å². The molecule has 7 N–H and O–H groups in total. The van der Waals surface area contributed by atoms with Gasteiger partial charge in [0.2, 0.25) is 5.95 Å². The minimum Gasteiger partial charge on any atom is -0.398 e. The third kappa shape index (κ3) is 3.90. The van der Waals surface area contributed by atoms with Gasteiger partial charge in [-0.3, -0.25) is 9.89 Å². The Morgan fingerprint density at radius 2 is 2.21 bits per heavy atom. The first-order valence-electron chi connectivity index (χ1n) is 9.23. The predicted molar refractivity (Wildman–Crippen MR) is 116 cm³/mol. The van der Waals surface area contributed by atoms with Crippen LogP contribution in [0.15, 0.2) is 24.3 Å². The summed E-state index contributed by atoms with van der Waals surface area (Å²) in [4.78, 5) is 18.9. The normalized spacial score (nSPS) is 12.6. The number of fused-ring (bicyclic) bond motifs is 1. The maximum atomic E-state index is 12.7. The van der Waals surface area contributed by atoms with Gasteiger partial charge in [-0.1, -0.05) is 6.08 Å². The van der Waals surface area contributed by atoms with Crippen LogP contribution in [0.25, 0.3) is 16.5 Å². The van der Waals surface area contributed by atoms with Crippen LogP contribution in [0.3, 0.4) is 0 Å². The second-order valence-electron chi connectivity index (χ2n) is 6.76. The fraction of sp³-hybridized carbons (Fsp3) is 0.200. The van der Waals surface area contributed by atoms with Crippen LogP contribution in [0.1, 0.15) is 38.6 Å². The molecule has 3 aromatic rings. The monoisotopic (exact) mass is 407 g/mol. The molecule has 1 aromatic carbocycles. The Labute approximate surface area is 171 Å². The maximum absolute atomic E-state index is 12.7. The zero-order valence-corrected chi connectivity index (χ0v) is 16.5. The number of nitrogen functional groups attached to an aromatic ring is 2. The van der Waals surface area contributed by atoms with E-state index in [0.717, 1.165) is 23.3 Å². The van der Waals surface area contributed by atoms with Crippen molar-refractivity contribution >= 4 is 41.2 Å². The van der Waals surface area contributed by atoms with Crippen LogP contribution in [-0.2, 0) is 12.8 Å². The third-order valence-electron chi connectivity index (χ3n) is 4.78. The lowest BCUT2D eigenvalue weighted by Gasteiger charge is -2.11. The van der Waals surface area contributed by atoms with Crippen LogP contribution in [0, 0.1) is 5.41 Å². The lowest BCUT2D eigenvalue weighted by atomic mass is 9.99. The van der Waals surface area contributed by atoms with Crippen LogP contribution < -0.4 is 16.8 Å². The van der Waals surface area contributed by atoms with Gasteiger partial charge in [-0.15, -0.1) is 16.4 Å². The van der Waals surface area contributed by atoms with E-state index in [1.807, 2.05) is 0 Å². The average Bonchev–Trinajstić information content (AvgIpc) is 3.33. The highest BCUT2D eigenvalue weighted by Crippen LogP contribution is 2.39. The Balaban J connectivity index is 1.58. The van der Waals surface area contributed by atoms with Gasteiger partial charge >= 0.3 is 0 Å². The molecule has 29 heavy (non-hydrogen) atoms. The Morgan fingerprint density at radius 3 is 2.93 bits per heavy atom. The van der Waals surface area contributed by atoms with Crippen LogP contribution in [-0.4, -0.2) is 33.8 Å². The molecular formula is C20H21N7OS. The molecule has 0 saturated carbocycles. The molecule has 0 saturated heterocycles. The van der Waals surface area contributed by atoms with E-state index in [2.05, 4.69) is 38.7 Å². The minimum absolute atomic E-state index is 0.179. The van der Waals surface area contributed by atoms with Gasteiger partial charge in [0.05, 0.1) is 0 Å². The number of thiophene rings is 1. The summed E-state index contributed by atoms with van der Waals surface area (Å²) >= 11 is 1.65. The van der Waals surface area contributed by atoms with Gasteiger partial charge in [0.25, 0.3) is 5.91 Å². The number of amides is 1. The summed E-state index contributed by atoms with van der Waals surface area (Å²) in [6.45, 7) is 0.380. The standard InChI is InChI=1S/C20H21N7OS/c21-10-13-7-12(19(28)24-6-5-17-25-20(23)27-26-17)8-14(18(13)22)16-9-11-3-1-2-4-15(11)29-16/h2,4,7-10,21H,1,3,5-6,22H2,(H,24,28)(H3,23,25,26,27). The Bertz CT molecular complexity index is 1110. The Morgan fingerprint density at radius 1 is 1.34 bits per heavy atom. The zero-order valence-electron chi connectivity index (χ0n) is 15.7.